The third kappa shape index (κ3) is 5.52. The van der Waals surface area contributed by atoms with Crippen LogP contribution in [0, 0.1) is 5.92 Å². The fraction of sp³-hybridized carbons (Fsp3) is 1.00. The predicted octanol–water partition coefficient (Wildman–Crippen LogP) is 0.548. The third-order valence-electron chi connectivity index (χ3n) is 1.79. The molecule has 0 fully saturated rings. The molecular weight excluding hydrogens is 152 g/mol. The first-order valence-electron chi connectivity index (χ1n) is 4.51. The Hall–Kier alpha value is -0.120. The summed E-state index contributed by atoms with van der Waals surface area (Å²) in [5.41, 5.74) is 5.51. The minimum Gasteiger partial charge on any atom is -0.379 e. The highest BCUT2D eigenvalue weighted by Gasteiger charge is 2.09. The Morgan fingerprint density at radius 3 is 2.25 bits per heavy atom. The summed E-state index contributed by atoms with van der Waals surface area (Å²) in [4.78, 5) is 2.26. The number of rotatable bonds is 6. The maximum atomic E-state index is 5.51. The Bertz CT molecular complexity index is 103. The number of hydrogen-bond acceptors (Lipinski definition) is 3. The second-order valence-electron chi connectivity index (χ2n) is 3.71. The van der Waals surface area contributed by atoms with Gasteiger partial charge < -0.3 is 15.4 Å². The van der Waals surface area contributed by atoms with Crippen LogP contribution in [0.5, 0.6) is 0 Å². The summed E-state index contributed by atoms with van der Waals surface area (Å²) in [6.07, 6.45) is 0.175. The van der Waals surface area contributed by atoms with Crippen LogP contribution in [-0.4, -0.2) is 44.8 Å². The van der Waals surface area contributed by atoms with Crippen LogP contribution in [0.25, 0.3) is 0 Å². The number of nitrogens with two attached hydrogens (primary N) is 1. The summed E-state index contributed by atoms with van der Waals surface area (Å²) in [6.45, 7) is 7.03. The monoisotopic (exact) mass is 174 g/mol. The molecule has 3 heteroatoms. The van der Waals surface area contributed by atoms with Crippen molar-refractivity contribution in [2.24, 2.45) is 11.7 Å². The van der Waals surface area contributed by atoms with Crippen molar-refractivity contribution in [1.29, 1.82) is 0 Å². The smallest absolute Gasteiger partial charge is 0.0820 e. The van der Waals surface area contributed by atoms with Crippen LogP contribution in [0.1, 0.15) is 13.8 Å². The van der Waals surface area contributed by atoms with Crippen LogP contribution < -0.4 is 5.73 Å². The van der Waals surface area contributed by atoms with Crippen molar-refractivity contribution in [3.05, 3.63) is 0 Å². The summed E-state index contributed by atoms with van der Waals surface area (Å²) in [5.74, 6) is 0.699. The van der Waals surface area contributed by atoms with Gasteiger partial charge >= 0.3 is 0 Å². The van der Waals surface area contributed by atoms with Crippen molar-refractivity contribution in [1.82, 2.24) is 4.90 Å². The first kappa shape index (κ1) is 11.9. The maximum absolute atomic E-state index is 5.51. The largest absolute Gasteiger partial charge is 0.379 e. The van der Waals surface area contributed by atoms with Gasteiger partial charge in [-0.05, 0) is 13.0 Å². The van der Waals surface area contributed by atoms with Gasteiger partial charge in [0.1, 0.15) is 0 Å². The Balaban J connectivity index is 3.58. The summed E-state index contributed by atoms with van der Waals surface area (Å²) >= 11 is 0. The van der Waals surface area contributed by atoms with E-state index in [2.05, 4.69) is 25.8 Å². The summed E-state index contributed by atoms with van der Waals surface area (Å²) in [5, 5.41) is 0. The number of nitrogens with zero attached hydrogens (tertiary/aromatic N) is 1. The summed E-state index contributed by atoms with van der Waals surface area (Å²) in [7, 11) is 3.81. The van der Waals surface area contributed by atoms with Crippen LogP contribution in [0.4, 0.5) is 0 Å². The van der Waals surface area contributed by atoms with Gasteiger partial charge in [-0.2, -0.15) is 0 Å². The van der Waals surface area contributed by atoms with Gasteiger partial charge in [0.05, 0.1) is 6.10 Å². The molecule has 0 aliphatic heterocycles. The van der Waals surface area contributed by atoms with E-state index in [4.69, 9.17) is 10.5 Å². The molecule has 0 aromatic carbocycles. The third-order valence-corrected chi connectivity index (χ3v) is 1.79. The Kier molecular flexibility index (Phi) is 6.34. The normalized spacial score (nSPS) is 14.2. The molecule has 0 aliphatic carbocycles. The van der Waals surface area contributed by atoms with Crippen molar-refractivity contribution in [2.45, 2.75) is 20.0 Å². The Morgan fingerprint density at radius 2 is 1.92 bits per heavy atom. The lowest BCUT2D eigenvalue weighted by Crippen LogP contribution is -2.37. The SMILES string of the molecule is CO[C@@H](CN)CN(C)CC(C)C. The molecule has 0 heterocycles. The number of ether oxygens (including phenoxy) is 1. The van der Waals surface area contributed by atoms with Crippen molar-refractivity contribution >= 4 is 0 Å². The van der Waals surface area contributed by atoms with Crippen LogP contribution in [0.15, 0.2) is 0 Å². The van der Waals surface area contributed by atoms with E-state index >= 15 is 0 Å². The lowest BCUT2D eigenvalue weighted by Gasteiger charge is -2.23. The zero-order valence-electron chi connectivity index (χ0n) is 8.71. The van der Waals surface area contributed by atoms with E-state index < -0.39 is 0 Å². The molecule has 0 aliphatic rings. The molecule has 0 radical (unpaired) electrons. The number of likely N-dealkylation sites (N-methyl/N-ethyl adjacent to an activating group) is 1. The molecule has 12 heavy (non-hydrogen) atoms. The second kappa shape index (κ2) is 6.40. The van der Waals surface area contributed by atoms with Gasteiger partial charge in [0.25, 0.3) is 0 Å². The average Bonchev–Trinajstić information content (AvgIpc) is 1.98. The first-order chi connectivity index (χ1) is 5.60. The van der Waals surface area contributed by atoms with Crippen LogP contribution in [0.2, 0.25) is 0 Å². The molecule has 2 N–H and O–H groups in total. The fourth-order valence-electron chi connectivity index (χ4n) is 1.29. The van der Waals surface area contributed by atoms with Crippen molar-refractivity contribution in [3.63, 3.8) is 0 Å². The molecule has 0 aromatic rings. The fourth-order valence-corrected chi connectivity index (χ4v) is 1.29. The van der Waals surface area contributed by atoms with E-state index in [1.165, 1.54) is 0 Å². The topological polar surface area (TPSA) is 38.5 Å². The molecule has 0 rings (SSSR count). The zero-order valence-corrected chi connectivity index (χ0v) is 8.71. The highest BCUT2D eigenvalue weighted by molar-refractivity contribution is 4.64. The quantitative estimate of drug-likeness (QED) is 0.639. The van der Waals surface area contributed by atoms with E-state index in [1.54, 1.807) is 7.11 Å². The van der Waals surface area contributed by atoms with Crippen LogP contribution in [0.3, 0.4) is 0 Å². The average molecular weight is 174 g/mol. The van der Waals surface area contributed by atoms with E-state index in [-0.39, 0.29) is 6.10 Å². The van der Waals surface area contributed by atoms with Crippen molar-refractivity contribution in [3.8, 4) is 0 Å². The van der Waals surface area contributed by atoms with Crippen molar-refractivity contribution < 1.29 is 4.74 Å². The van der Waals surface area contributed by atoms with Crippen molar-refractivity contribution in [2.75, 3.05) is 33.8 Å². The van der Waals surface area contributed by atoms with E-state index in [9.17, 15) is 0 Å². The highest BCUT2D eigenvalue weighted by Crippen LogP contribution is 1.98. The zero-order chi connectivity index (χ0) is 9.56. The molecule has 3 nitrogen and oxygen atoms in total. The molecule has 0 aromatic heterocycles. The highest BCUT2D eigenvalue weighted by atomic mass is 16.5. The lowest BCUT2D eigenvalue weighted by molar-refractivity contribution is 0.0750. The molecule has 0 spiro atoms. The predicted molar refractivity (Wildman–Crippen MR) is 52.2 cm³/mol. The standard InChI is InChI=1S/C9H22N2O/c1-8(2)6-11(3)7-9(5-10)12-4/h8-9H,5-7,10H2,1-4H3/t9-/m0/s1. The van der Waals surface area contributed by atoms with E-state index in [1.807, 2.05) is 0 Å². The molecule has 0 saturated carbocycles. The van der Waals surface area contributed by atoms with Gasteiger partial charge in [-0.25, -0.2) is 0 Å². The van der Waals surface area contributed by atoms with Gasteiger partial charge in [-0.15, -0.1) is 0 Å². The molecule has 0 amide bonds. The molecular formula is C9H22N2O. The molecule has 1 atom stereocenters. The number of methoxy groups -OCH3 is 1. The summed E-state index contributed by atoms with van der Waals surface area (Å²) < 4.78 is 5.19. The van der Waals surface area contributed by atoms with E-state index in [0.29, 0.717) is 12.5 Å². The Labute approximate surface area is 75.9 Å². The van der Waals surface area contributed by atoms with Gasteiger partial charge in [0, 0.05) is 26.7 Å². The Morgan fingerprint density at radius 1 is 1.33 bits per heavy atom. The second-order valence-corrected chi connectivity index (χ2v) is 3.71. The van der Waals surface area contributed by atoms with Gasteiger partial charge in [-0.1, -0.05) is 13.8 Å². The van der Waals surface area contributed by atoms with Crippen LogP contribution in [-0.2, 0) is 4.74 Å². The molecule has 0 bridgehead atoms. The number of hydrogen-bond donors (Lipinski definition) is 1. The van der Waals surface area contributed by atoms with Gasteiger partial charge in [0.2, 0.25) is 0 Å². The van der Waals surface area contributed by atoms with E-state index in [0.717, 1.165) is 13.1 Å². The molecule has 0 saturated heterocycles. The van der Waals surface area contributed by atoms with Gasteiger partial charge in [-0.3, -0.25) is 0 Å². The minimum atomic E-state index is 0.175. The minimum absolute atomic E-state index is 0.175. The lowest BCUT2D eigenvalue weighted by atomic mass is 10.2. The molecule has 74 valence electrons. The molecule has 0 unspecified atom stereocenters. The van der Waals surface area contributed by atoms with Crippen LogP contribution >= 0.6 is 0 Å². The first-order valence-corrected chi connectivity index (χ1v) is 4.51. The summed E-state index contributed by atoms with van der Waals surface area (Å²) in [6, 6.07) is 0. The maximum Gasteiger partial charge on any atom is 0.0820 e. The van der Waals surface area contributed by atoms with Gasteiger partial charge in [0.15, 0.2) is 0 Å².